The van der Waals surface area contributed by atoms with Crippen LogP contribution in [0.3, 0.4) is 0 Å². The number of methoxy groups -OCH3 is 1. The minimum absolute atomic E-state index is 0.0803. The molecule has 3 aliphatic rings. The molecule has 5 rings (SSSR count). The van der Waals surface area contributed by atoms with Crippen LogP contribution in [0.1, 0.15) is 12.0 Å². The quantitative estimate of drug-likeness (QED) is 0.401. The number of thioether (sulfide) groups is 1. The van der Waals surface area contributed by atoms with Crippen molar-refractivity contribution in [1.82, 2.24) is 4.90 Å². The molecule has 0 spiro atoms. The number of morpholine rings is 1. The standard InChI is InChI=1S/C26H31NO7S/c1-3-13-27-22-20(28)14-26(25(27)31,35-19-7-5-4-6-8-19)34-24(22)23(30)21(29)16-33-15-17-9-11-18(32-2)12-10-17/h3-12,20-24,28-30H,1,13-16H2,2H3/t20-,21+,22-,23+,24+,26+/m0/s1. The number of aliphatic hydroxyl groups is 3. The first-order valence-corrected chi connectivity index (χ1v) is 12.3. The van der Waals surface area contributed by atoms with Crippen LogP contribution in [0.5, 0.6) is 5.75 Å². The molecule has 3 N–H and O–H groups in total. The maximum Gasteiger partial charge on any atom is 0.266 e. The maximum absolute atomic E-state index is 13.4. The first kappa shape index (κ1) is 25.7. The zero-order valence-corrected chi connectivity index (χ0v) is 20.3. The minimum atomic E-state index is -1.42. The van der Waals surface area contributed by atoms with Gasteiger partial charge in [0.25, 0.3) is 5.91 Å². The fourth-order valence-electron chi connectivity index (χ4n) is 4.57. The molecule has 0 unspecified atom stereocenters. The molecule has 1 amide bonds. The van der Waals surface area contributed by atoms with Gasteiger partial charge in [-0.15, -0.1) is 6.58 Å². The monoisotopic (exact) mass is 501 g/mol. The lowest BCUT2D eigenvalue weighted by Gasteiger charge is -2.57. The van der Waals surface area contributed by atoms with Crippen molar-refractivity contribution >= 4 is 17.7 Å². The number of hydrogen-bond acceptors (Lipinski definition) is 8. The van der Waals surface area contributed by atoms with Gasteiger partial charge in [-0.2, -0.15) is 0 Å². The van der Waals surface area contributed by atoms with E-state index in [4.69, 9.17) is 14.2 Å². The Balaban J connectivity index is 1.47. The van der Waals surface area contributed by atoms with E-state index in [0.717, 1.165) is 16.2 Å². The molecule has 8 nitrogen and oxygen atoms in total. The van der Waals surface area contributed by atoms with Gasteiger partial charge in [-0.3, -0.25) is 4.79 Å². The van der Waals surface area contributed by atoms with Crippen molar-refractivity contribution in [3.05, 3.63) is 72.8 Å². The Morgan fingerprint density at radius 2 is 1.94 bits per heavy atom. The molecule has 9 heteroatoms. The van der Waals surface area contributed by atoms with Gasteiger partial charge in [-0.05, 0) is 29.8 Å². The summed E-state index contributed by atoms with van der Waals surface area (Å²) in [5.74, 6) is 0.448. The number of nitrogens with zero attached hydrogens (tertiary/aromatic N) is 1. The predicted octanol–water partition coefficient (Wildman–Crippen LogP) is 1.97. The highest BCUT2D eigenvalue weighted by atomic mass is 32.2. The van der Waals surface area contributed by atoms with Crippen LogP contribution in [0.15, 0.2) is 72.1 Å². The number of rotatable bonds is 11. The summed E-state index contributed by atoms with van der Waals surface area (Å²) in [5.41, 5.74) is 0.886. The second-order valence-corrected chi connectivity index (χ2v) is 10.0. The number of amides is 1. The fraction of sp³-hybridized carbons (Fsp3) is 0.423. The third-order valence-corrected chi connectivity index (χ3v) is 7.56. The first-order chi connectivity index (χ1) is 16.9. The Morgan fingerprint density at radius 3 is 2.60 bits per heavy atom. The van der Waals surface area contributed by atoms with Gasteiger partial charge in [0.05, 0.1) is 32.5 Å². The third-order valence-electron chi connectivity index (χ3n) is 6.28. The molecule has 6 atom stereocenters. The number of fused-ring (bicyclic) bond motifs is 3. The number of carbonyl (C=O) groups is 1. The van der Waals surface area contributed by atoms with Crippen molar-refractivity contribution in [1.29, 1.82) is 0 Å². The summed E-state index contributed by atoms with van der Waals surface area (Å²) in [4.78, 5) is 14.3. The highest BCUT2D eigenvalue weighted by molar-refractivity contribution is 8.01. The van der Waals surface area contributed by atoms with E-state index in [1.165, 1.54) is 16.7 Å². The first-order valence-electron chi connectivity index (χ1n) is 11.5. The molecule has 188 valence electrons. The van der Waals surface area contributed by atoms with Crippen LogP contribution in [0.4, 0.5) is 0 Å². The van der Waals surface area contributed by atoms with E-state index in [0.29, 0.717) is 0 Å². The molecule has 2 aromatic carbocycles. The SMILES string of the molecule is C=CCN1C(=O)[C@]2(Sc3ccccc3)C[C@H](O)[C@H]1[C@H]([C@H](O)[C@H](O)COCc1ccc(OC)cc1)O2. The number of ether oxygens (including phenoxy) is 3. The molecule has 3 fully saturated rings. The second-order valence-electron chi connectivity index (χ2n) is 8.68. The highest BCUT2D eigenvalue weighted by Gasteiger charge is 2.63. The lowest BCUT2D eigenvalue weighted by atomic mass is 9.84. The zero-order valence-electron chi connectivity index (χ0n) is 19.5. The average molecular weight is 502 g/mol. The van der Waals surface area contributed by atoms with Crippen molar-refractivity contribution in [2.75, 3.05) is 20.3 Å². The van der Waals surface area contributed by atoms with Crippen molar-refractivity contribution in [2.24, 2.45) is 0 Å². The Hall–Kier alpha value is -2.40. The largest absolute Gasteiger partial charge is 0.497 e. The summed E-state index contributed by atoms with van der Waals surface area (Å²) in [5, 5.41) is 32.7. The van der Waals surface area contributed by atoms with Crippen LogP contribution >= 0.6 is 11.8 Å². The van der Waals surface area contributed by atoms with Crippen LogP contribution in [0, 0.1) is 0 Å². The van der Waals surface area contributed by atoms with Crippen LogP contribution in [-0.2, 0) is 20.9 Å². The smallest absolute Gasteiger partial charge is 0.266 e. The molecule has 3 saturated heterocycles. The van der Waals surface area contributed by atoms with Crippen molar-refractivity contribution in [3.63, 3.8) is 0 Å². The predicted molar refractivity (Wildman–Crippen MR) is 131 cm³/mol. The van der Waals surface area contributed by atoms with E-state index >= 15 is 0 Å². The van der Waals surface area contributed by atoms with Gasteiger partial charge in [-0.25, -0.2) is 0 Å². The van der Waals surface area contributed by atoms with E-state index in [2.05, 4.69) is 6.58 Å². The number of hydrogen-bond donors (Lipinski definition) is 3. The summed E-state index contributed by atoms with van der Waals surface area (Å²) < 4.78 is 17.0. The van der Waals surface area contributed by atoms with Gasteiger partial charge in [0.15, 0.2) is 4.93 Å². The molecule has 2 aromatic rings. The van der Waals surface area contributed by atoms with Gasteiger partial charge in [0, 0.05) is 17.9 Å². The summed E-state index contributed by atoms with van der Waals surface area (Å²) in [7, 11) is 1.59. The Labute approximate surface area is 209 Å². The van der Waals surface area contributed by atoms with Gasteiger partial charge in [0.1, 0.15) is 24.1 Å². The van der Waals surface area contributed by atoms with E-state index in [9.17, 15) is 20.1 Å². The summed E-state index contributed by atoms with van der Waals surface area (Å²) >= 11 is 1.20. The van der Waals surface area contributed by atoms with E-state index < -0.39 is 35.4 Å². The average Bonchev–Trinajstić information content (AvgIpc) is 2.86. The van der Waals surface area contributed by atoms with Crippen molar-refractivity contribution in [2.45, 2.75) is 53.3 Å². The molecule has 3 aliphatic heterocycles. The summed E-state index contributed by atoms with van der Waals surface area (Å²) in [6, 6.07) is 15.8. The van der Waals surface area contributed by atoms with Crippen LogP contribution in [-0.4, -0.2) is 81.8 Å². The van der Waals surface area contributed by atoms with Crippen molar-refractivity contribution < 1.29 is 34.3 Å². The number of aliphatic hydroxyl groups excluding tert-OH is 3. The third kappa shape index (κ3) is 5.40. The lowest BCUT2D eigenvalue weighted by Crippen LogP contribution is -2.75. The molecule has 0 aliphatic carbocycles. The molecule has 0 saturated carbocycles. The maximum atomic E-state index is 13.4. The molecular weight excluding hydrogens is 470 g/mol. The minimum Gasteiger partial charge on any atom is -0.497 e. The van der Waals surface area contributed by atoms with Crippen LogP contribution < -0.4 is 4.74 Å². The Morgan fingerprint density at radius 1 is 1.23 bits per heavy atom. The molecule has 0 aromatic heterocycles. The summed E-state index contributed by atoms with van der Waals surface area (Å²) in [6.45, 7) is 4.00. The van der Waals surface area contributed by atoms with Gasteiger partial charge in [-0.1, -0.05) is 48.2 Å². The number of carbonyl (C=O) groups excluding carboxylic acids is 1. The second kappa shape index (κ2) is 11.1. The zero-order chi connectivity index (χ0) is 25.0. The highest BCUT2D eigenvalue weighted by Crippen LogP contribution is 2.50. The van der Waals surface area contributed by atoms with Crippen LogP contribution in [0.25, 0.3) is 0 Å². The fourth-order valence-corrected chi connectivity index (χ4v) is 5.86. The molecular formula is C26H31NO7S. The molecule has 0 radical (unpaired) electrons. The topological polar surface area (TPSA) is 109 Å². The lowest BCUT2D eigenvalue weighted by molar-refractivity contribution is -0.244. The normalized spacial score (nSPS) is 27.5. The van der Waals surface area contributed by atoms with E-state index in [1.807, 2.05) is 54.6 Å². The summed E-state index contributed by atoms with van der Waals surface area (Å²) in [6.07, 6.45) is -2.97. The van der Waals surface area contributed by atoms with E-state index in [1.54, 1.807) is 13.2 Å². The Bertz CT molecular complexity index is 1000. The molecule has 2 bridgehead atoms. The van der Waals surface area contributed by atoms with Crippen molar-refractivity contribution in [3.8, 4) is 5.75 Å². The molecule has 3 heterocycles. The van der Waals surface area contributed by atoms with E-state index in [-0.39, 0.29) is 32.1 Å². The van der Waals surface area contributed by atoms with Gasteiger partial charge >= 0.3 is 0 Å². The van der Waals surface area contributed by atoms with Gasteiger partial charge in [0.2, 0.25) is 0 Å². The van der Waals surface area contributed by atoms with Gasteiger partial charge < -0.3 is 34.4 Å². The number of piperidine rings is 1. The Kier molecular flexibility index (Phi) is 8.16. The van der Waals surface area contributed by atoms with Crippen LogP contribution in [0.2, 0.25) is 0 Å². The number of benzene rings is 2. The molecule has 35 heavy (non-hydrogen) atoms.